The van der Waals surface area contributed by atoms with Gasteiger partial charge in [-0.05, 0) is 25.1 Å². The van der Waals surface area contributed by atoms with Crippen LogP contribution < -0.4 is 15.5 Å². The summed E-state index contributed by atoms with van der Waals surface area (Å²) in [5.41, 5.74) is 1.41. The molecule has 1 aromatic rings. The summed E-state index contributed by atoms with van der Waals surface area (Å²) in [5, 5.41) is 5.48. The summed E-state index contributed by atoms with van der Waals surface area (Å²) in [6, 6.07) is 7.06. The van der Waals surface area contributed by atoms with Crippen LogP contribution in [0.25, 0.3) is 0 Å². The van der Waals surface area contributed by atoms with Crippen LogP contribution in [0.15, 0.2) is 24.3 Å². The minimum atomic E-state index is -0.515. The molecule has 3 amide bonds. The standard InChI is InChI=1S/C13H17N3O3/c1-9(19-2)12(17)15-10-4-3-5-11(8-10)16-7-6-14-13(16)18/h3-5,8-9H,6-7H2,1-2H3,(H,14,18)(H,15,17). The average Bonchev–Trinajstić information content (AvgIpc) is 2.84. The van der Waals surface area contributed by atoms with E-state index in [1.54, 1.807) is 30.0 Å². The van der Waals surface area contributed by atoms with E-state index in [0.717, 1.165) is 5.69 Å². The summed E-state index contributed by atoms with van der Waals surface area (Å²) in [6.45, 7) is 2.94. The summed E-state index contributed by atoms with van der Waals surface area (Å²) >= 11 is 0. The molecule has 1 unspecified atom stereocenters. The Morgan fingerprint density at radius 3 is 2.95 bits per heavy atom. The SMILES string of the molecule is COC(C)C(=O)Nc1cccc(N2CCNC2=O)c1. The number of methoxy groups -OCH3 is 1. The van der Waals surface area contributed by atoms with E-state index in [2.05, 4.69) is 10.6 Å². The van der Waals surface area contributed by atoms with Crippen molar-refractivity contribution in [2.24, 2.45) is 0 Å². The van der Waals surface area contributed by atoms with Crippen molar-refractivity contribution in [3.8, 4) is 0 Å². The van der Waals surface area contributed by atoms with Gasteiger partial charge in [-0.25, -0.2) is 4.79 Å². The van der Waals surface area contributed by atoms with E-state index in [1.165, 1.54) is 7.11 Å². The normalized spacial score (nSPS) is 16.1. The zero-order valence-corrected chi connectivity index (χ0v) is 11.0. The molecule has 2 N–H and O–H groups in total. The van der Waals surface area contributed by atoms with Gasteiger partial charge in [0.1, 0.15) is 6.10 Å². The molecule has 1 heterocycles. The fraction of sp³-hybridized carbons (Fsp3) is 0.385. The first kappa shape index (κ1) is 13.4. The van der Waals surface area contributed by atoms with Crippen LogP contribution in [0.3, 0.4) is 0 Å². The van der Waals surface area contributed by atoms with Crippen LogP contribution in [0.1, 0.15) is 6.92 Å². The third-order valence-corrected chi connectivity index (χ3v) is 3.00. The van der Waals surface area contributed by atoms with Crippen LogP contribution in [0.5, 0.6) is 0 Å². The second-order valence-electron chi connectivity index (χ2n) is 4.30. The van der Waals surface area contributed by atoms with Crippen LogP contribution in [0, 0.1) is 0 Å². The van der Waals surface area contributed by atoms with Gasteiger partial charge in [-0.1, -0.05) is 6.07 Å². The van der Waals surface area contributed by atoms with Crippen molar-refractivity contribution in [2.75, 3.05) is 30.4 Å². The van der Waals surface area contributed by atoms with Crippen LogP contribution in [-0.2, 0) is 9.53 Å². The Labute approximate surface area is 111 Å². The summed E-state index contributed by atoms with van der Waals surface area (Å²) in [4.78, 5) is 24.9. The first-order chi connectivity index (χ1) is 9.11. The van der Waals surface area contributed by atoms with E-state index in [-0.39, 0.29) is 11.9 Å². The number of carbonyl (C=O) groups is 2. The number of nitrogens with zero attached hydrogens (tertiary/aromatic N) is 1. The van der Waals surface area contributed by atoms with E-state index in [4.69, 9.17) is 4.74 Å². The molecular formula is C13H17N3O3. The Morgan fingerprint density at radius 2 is 2.32 bits per heavy atom. The van der Waals surface area contributed by atoms with E-state index in [1.807, 2.05) is 6.07 Å². The Bertz CT molecular complexity index is 490. The molecule has 0 spiro atoms. The molecule has 1 saturated heterocycles. The summed E-state index contributed by atoms with van der Waals surface area (Å²) in [5.74, 6) is -0.217. The van der Waals surface area contributed by atoms with Crippen molar-refractivity contribution in [3.05, 3.63) is 24.3 Å². The van der Waals surface area contributed by atoms with Gasteiger partial charge in [0.25, 0.3) is 5.91 Å². The molecule has 102 valence electrons. The number of anilines is 2. The molecule has 1 fully saturated rings. The minimum Gasteiger partial charge on any atom is -0.372 e. The number of nitrogens with one attached hydrogen (secondary N) is 2. The molecule has 1 aliphatic rings. The third-order valence-electron chi connectivity index (χ3n) is 3.00. The zero-order chi connectivity index (χ0) is 13.8. The molecule has 1 atom stereocenters. The van der Waals surface area contributed by atoms with E-state index in [0.29, 0.717) is 18.8 Å². The van der Waals surface area contributed by atoms with Gasteiger partial charge < -0.3 is 15.4 Å². The second kappa shape index (κ2) is 5.71. The molecule has 2 rings (SSSR count). The predicted molar refractivity (Wildman–Crippen MR) is 72.3 cm³/mol. The number of ether oxygens (including phenoxy) is 1. The van der Waals surface area contributed by atoms with Crippen molar-refractivity contribution < 1.29 is 14.3 Å². The minimum absolute atomic E-state index is 0.117. The molecule has 6 nitrogen and oxygen atoms in total. The number of hydrogen-bond donors (Lipinski definition) is 2. The summed E-state index contributed by atoms with van der Waals surface area (Å²) in [6.07, 6.45) is -0.515. The number of urea groups is 1. The fourth-order valence-electron chi connectivity index (χ4n) is 1.82. The number of hydrogen-bond acceptors (Lipinski definition) is 3. The van der Waals surface area contributed by atoms with E-state index < -0.39 is 6.10 Å². The van der Waals surface area contributed by atoms with E-state index >= 15 is 0 Å². The maximum absolute atomic E-state index is 11.7. The lowest BCUT2D eigenvalue weighted by Gasteiger charge is -2.16. The molecule has 0 radical (unpaired) electrons. The topological polar surface area (TPSA) is 70.7 Å². The van der Waals surface area contributed by atoms with Gasteiger partial charge in [0.15, 0.2) is 0 Å². The summed E-state index contributed by atoms with van der Waals surface area (Å²) in [7, 11) is 1.48. The maximum atomic E-state index is 11.7. The first-order valence-corrected chi connectivity index (χ1v) is 6.11. The molecule has 0 aliphatic carbocycles. The third kappa shape index (κ3) is 3.03. The Morgan fingerprint density at radius 1 is 1.53 bits per heavy atom. The largest absolute Gasteiger partial charge is 0.372 e. The lowest BCUT2D eigenvalue weighted by molar-refractivity contribution is -0.124. The Balaban J connectivity index is 2.11. The number of benzene rings is 1. The van der Waals surface area contributed by atoms with Gasteiger partial charge in [-0.3, -0.25) is 9.69 Å². The first-order valence-electron chi connectivity index (χ1n) is 6.11. The van der Waals surface area contributed by atoms with Crippen LogP contribution in [0.2, 0.25) is 0 Å². The number of carbonyl (C=O) groups excluding carboxylic acids is 2. The molecule has 19 heavy (non-hydrogen) atoms. The Hall–Kier alpha value is -2.08. The molecule has 0 aromatic heterocycles. The number of rotatable bonds is 4. The lowest BCUT2D eigenvalue weighted by Crippen LogP contribution is -2.28. The lowest BCUT2D eigenvalue weighted by atomic mass is 10.2. The van der Waals surface area contributed by atoms with Crippen molar-refractivity contribution in [2.45, 2.75) is 13.0 Å². The van der Waals surface area contributed by atoms with Crippen molar-refractivity contribution in [3.63, 3.8) is 0 Å². The second-order valence-corrected chi connectivity index (χ2v) is 4.30. The zero-order valence-electron chi connectivity index (χ0n) is 11.0. The van der Waals surface area contributed by atoms with Gasteiger partial charge in [0, 0.05) is 31.6 Å². The van der Waals surface area contributed by atoms with Gasteiger partial charge in [-0.15, -0.1) is 0 Å². The van der Waals surface area contributed by atoms with Crippen molar-refractivity contribution in [1.29, 1.82) is 0 Å². The highest BCUT2D eigenvalue weighted by Crippen LogP contribution is 2.21. The maximum Gasteiger partial charge on any atom is 0.321 e. The molecule has 0 bridgehead atoms. The average molecular weight is 263 g/mol. The van der Waals surface area contributed by atoms with Crippen LogP contribution >= 0.6 is 0 Å². The Kier molecular flexibility index (Phi) is 4.01. The van der Waals surface area contributed by atoms with E-state index in [9.17, 15) is 9.59 Å². The molecule has 1 aliphatic heterocycles. The highest BCUT2D eigenvalue weighted by molar-refractivity contribution is 5.97. The van der Waals surface area contributed by atoms with Crippen LogP contribution in [0.4, 0.5) is 16.2 Å². The molecule has 1 aromatic carbocycles. The molecule has 0 saturated carbocycles. The highest BCUT2D eigenvalue weighted by Gasteiger charge is 2.21. The van der Waals surface area contributed by atoms with Crippen molar-refractivity contribution >= 4 is 23.3 Å². The predicted octanol–water partition coefficient (Wildman–Crippen LogP) is 1.19. The van der Waals surface area contributed by atoms with Gasteiger partial charge >= 0.3 is 6.03 Å². The monoisotopic (exact) mass is 263 g/mol. The smallest absolute Gasteiger partial charge is 0.321 e. The molecular weight excluding hydrogens is 246 g/mol. The van der Waals surface area contributed by atoms with Crippen molar-refractivity contribution in [1.82, 2.24) is 5.32 Å². The van der Waals surface area contributed by atoms with Gasteiger partial charge in [0.2, 0.25) is 0 Å². The number of amides is 3. The highest BCUT2D eigenvalue weighted by atomic mass is 16.5. The van der Waals surface area contributed by atoms with Gasteiger partial charge in [0.05, 0.1) is 0 Å². The molecule has 6 heteroatoms. The quantitative estimate of drug-likeness (QED) is 0.857. The van der Waals surface area contributed by atoms with Crippen LogP contribution in [-0.4, -0.2) is 38.2 Å². The fourth-order valence-corrected chi connectivity index (χ4v) is 1.82. The summed E-state index contributed by atoms with van der Waals surface area (Å²) < 4.78 is 4.94. The van der Waals surface area contributed by atoms with Gasteiger partial charge in [-0.2, -0.15) is 0 Å².